The first kappa shape index (κ1) is 14.7. The van der Waals surface area contributed by atoms with E-state index < -0.39 is 11.7 Å². The van der Waals surface area contributed by atoms with Crippen LogP contribution in [0.5, 0.6) is 5.75 Å². The van der Waals surface area contributed by atoms with E-state index in [0.29, 0.717) is 21.4 Å². The topological polar surface area (TPSA) is 38.3 Å². The number of hydrogen-bond acceptors (Lipinski definition) is 3. The van der Waals surface area contributed by atoms with Crippen LogP contribution in [0.4, 0.5) is 10.1 Å². The van der Waals surface area contributed by atoms with Crippen LogP contribution in [0.3, 0.4) is 0 Å². The lowest BCUT2D eigenvalue weighted by molar-refractivity contribution is 0.102. The molecule has 20 heavy (non-hydrogen) atoms. The first-order valence-electron chi connectivity index (χ1n) is 5.64. The summed E-state index contributed by atoms with van der Waals surface area (Å²) in [7, 11) is 1.47. The molecule has 0 aliphatic heterocycles. The molecule has 1 N–H and O–H groups in total. The third kappa shape index (κ3) is 3.23. The van der Waals surface area contributed by atoms with Gasteiger partial charge in [-0.15, -0.1) is 12.6 Å². The molecule has 2 rings (SSSR count). The molecule has 104 valence electrons. The van der Waals surface area contributed by atoms with E-state index in [1.165, 1.54) is 25.3 Å². The third-order valence-corrected chi connectivity index (χ3v) is 3.19. The van der Waals surface area contributed by atoms with E-state index in [-0.39, 0.29) is 5.56 Å². The number of methoxy groups -OCH3 is 1. The van der Waals surface area contributed by atoms with Crippen LogP contribution in [-0.2, 0) is 0 Å². The fraction of sp³-hybridized carbons (Fsp3) is 0.0714. The molecule has 0 heterocycles. The second-order valence-corrected chi connectivity index (χ2v) is 4.89. The fourth-order valence-electron chi connectivity index (χ4n) is 1.62. The molecule has 2 aromatic rings. The zero-order valence-corrected chi connectivity index (χ0v) is 12.1. The zero-order chi connectivity index (χ0) is 14.7. The van der Waals surface area contributed by atoms with Crippen molar-refractivity contribution in [3.8, 4) is 5.75 Å². The number of nitrogens with one attached hydrogen (secondary N) is 1. The van der Waals surface area contributed by atoms with Crippen molar-refractivity contribution in [2.75, 3.05) is 12.4 Å². The Balaban J connectivity index is 2.25. The first-order valence-corrected chi connectivity index (χ1v) is 6.47. The van der Waals surface area contributed by atoms with Gasteiger partial charge in [-0.1, -0.05) is 11.6 Å². The summed E-state index contributed by atoms with van der Waals surface area (Å²) in [5.41, 5.74) is 0.381. The first-order chi connectivity index (χ1) is 9.51. The fourth-order valence-corrected chi connectivity index (χ4v) is 2.02. The van der Waals surface area contributed by atoms with Crippen molar-refractivity contribution in [3.05, 3.63) is 52.8 Å². The minimum atomic E-state index is -0.610. The second-order valence-electron chi connectivity index (χ2n) is 3.97. The Morgan fingerprint density at radius 1 is 1.30 bits per heavy atom. The highest BCUT2D eigenvalue weighted by Gasteiger charge is 2.13. The zero-order valence-electron chi connectivity index (χ0n) is 10.5. The van der Waals surface area contributed by atoms with E-state index in [1.807, 2.05) is 0 Å². The van der Waals surface area contributed by atoms with Crippen LogP contribution in [0.2, 0.25) is 5.02 Å². The van der Waals surface area contributed by atoms with E-state index in [2.05, 4.69) is 17.9 Å². The molecule has 0 spiro atoms. The van der Waals surface area contributed by atoms with Gasteiger partial charge in [0.05, 0.1) is 17.7 Å². The largest absolute Gasteiger partial charge is 0.495 e. The number of rotatable bonds is 3. The smallest absolute Gasteiger partial charge is 0.258 e. The maximum atomic E-state index is 13.6. The third-order valence-electron chi connectivity index (χ3n) is 2.60. The van der Waals surface area contributed by atoms with Gasteiger partial charge in [-0.2, -0.15) is 0 Å². The summed E-state index contributed by atoms with van der Waals surface area (Å²) >= 11 is 9.97. The number of ether oxygens (including phenoxy) is 1. The lowest BCUT2D eigenvalue weighted by atomic mass is 10.2. The van der Waals surface area contributed by atoms with Gasteiger partial charge in [0.15, 0.2) is 0 Å². The van der Waals surface area contributed by atoms with Gasteiger partial charge in [-0.25, -0.2) is 4.39 Å². The van der Waals surface area contributed by atoms with Crippen LogP contribution in [0, 0.1) is 5.82 Å². The quantitative estimate of drug-likeness (QED) is 0.840. The van der Waals surface area contributed by atoms with Crippen LogP contribution in [0.25, 0.3) is 0 Å². The number of hydrogen-bond donors (Lipinski definition) is 2. The van der Waals surface area contributed by atoms with Crippen molar-refractivity contribution < 1.29 is 13.9 Å². The monoisotopic (exact) mass is 311 g/mol. The number of anilines is 1. The average Bonchev–Trinajstić information content (AvgIpc) is 2.43. The Kier molecular flexibility index (Phi) is 4.52. The van der Waals surface area contributed by atoms with Crippen molar-refractivity contribution in [2.24, 2.45) is 0 Å². The summed E-state index contributed by atoms with van der Waals surface area (Å²) in [4.78, 5) is 12.5. The lowest BCUT2D eigenvalue weighted by Crippen LogP contribution is -2.13. The molecule has 6 heteroatoms. The van der Waals surface area contributed by atoms with Gasteiger partial charge < -0.3 is 10.1 Å². The number of benzene rings is 2. The number of halogens is 2. The van der Waals surface area contributed by atoms with Crippen molar-refractivity contribution in [2.45, 2.75) is 4.90 Å². The Hall–Kier alpha value is -1.72. The van der Waals surface area contributed by atoms with Gasteiger partial charge in [0.25, 0.3) is 5.91 Å². The maximum absolute atomic E-state index is 13.6. The summed E-state index contributed by atoms with van der Waals surface area (Å²) in [6, 6.07) is 8.77. The maximum Gasteiger partial charge on any atom is 0.258 e. The van der Waals surface area contributed by atoms with Crippen LogP contribution >= 0.6 is 24.2 Å². The second kappa shape index (κ2) is 6.15. The molecule has 0 atom stereocenters. The molecule has 0 aliphatic carbocycles. The van der Waals surface area contributed by atoms with E-state index in [4.69, 9.17) is 16.3 Å². The van der Waals surface area contributed by atoms with Gasteiger partial charge in [0, 0.05) is 16.6 Å². The SMILES string of the molecule is COc1cc(NC(=O)c2cc(S)ccc2F)ccc1Cl. The molecule has 1 amide bonds. The number of carbonyl (C=O) groups is 1. The van der Waals surface area contributed by atoms with Gasteiger partial charge in [-0.05, 0) is 30.3 Å². The minimum Gasteiger partial charge on any atom is -0.495 e. The molecular weight excluding hydrogens is 301 g/mol. The Morgan fingerprint density at radius 3 is 2.75 bits per heavy atom. The summed E-state index contributed by atoms with van der Waals surface area (Å²) < 4.78 is 18.6. The number of carbonyl (C=O) groups excluding carboxylic acids is 1. The van der Waals surface area contributed by atoms with Crippen molar-refractivity contribution >= 4 is 35.8 Å². The molecule has 0 radical (unpaired) electrons. The van der Waals surface area contributed by atoms with Crippen LogP contribution in [0.15, 0.2) is 41.3 Å². The molecule has 0 saturated carbocycles. The Bertz CT molecular complexity index is 664. The lowest BCUT2D eigenvalue weighted by Gasteiger charge is -2.09. The normalized spacial score (nSPS) is 10.2. The molecular formula is C14H11ClFNO2S. The Labute approximate surface area is 126 Å². The molecule has 0 aromatic heterocycles. The highest BCUT2D eigenvalue weighted by Crippen LogP contribution is 2.27. The molecule has 2 aromatic carbocycles. The number of thiol groups is 1. The average molecular weight is 312 g/mol. The van der Waals surface area contributed by atoms with Gasteiger partial charge in [0.1, 0.15) is 11.6 Å². The molecule has 0 unspecified atom stereocenters. The summed E-state index contributed by atoms with van der Waals surface area (Å²) in [5, 5.41) is 3.00. The van der Waals surface area contributed by atoms with Crippen molar-refractivity contribution in [3.63, 3.8) is 0 Å². The van der Waals surface area contributed by atoms with E-state index in [0.717, 1.165) is 0 Å². The highest BCUT2D eigenvalue weighted by molar-refractivity contribution is 7.80. The van der Waals surface area contributed by atoms with Gasteiger partial charge in [-0.3, -0.25) is 4.79 Å². The summed E-state index contributed by atoms with van der Waals surface area (Å²) in [5.74, 6) is -0.753. The van der Waals surface area contributed by atoms with Crippen molar-refractivity contribution in [1.29, 1.82) is 0 Å². The van der Waals surface area contributed by atoms with Crippen LogP contribution in [0.1, 0.15) is 10.4 Å². The molecule has 0 fully saturated rings. The minimum absolute atomic E-state index is 0.0774. The van der Waals surface area contributed by atoms with E-state index >= 15 is 0 Å². The van der Waals surface area contributed by atoms with E-state index in [1.54, 1.807) is 18.2 Å². The van der Waals surface area contributed by atoms with E-state index in [9.17, 15) is 9.18 Å². The summed E-state index contributed by atoms with van der Waals surface area (Å²) in [6.45, 7) is 0. The highest BCUT2D eigenvalue weighted by atomic mass is 35.5. The Morgan fingerprint density at radius 2 is 2.05 bits per heavy atom. The predicted octanol–water partition coefficient (Wildman–Crippen LogP) is 4.03. The van der Waals surface area contributed by atoms with Gasteiger partial charge in [0.2, 0.25) is 0 Å². The molecule has 0 aliphatic rings. The van der Waals surface area contributed by atoms with Crippen molar-refractivity contribution in [1.82, 2.24) is 0 Å². The molecule has 0 bridgehead atoms. The predicted molar refractivity (Wildman–Crippen MR) is 79.6 cm³/mol. The summed E-state index contributed by atoms with van der Waals surface area (Å²) in [6.07, 6.45) is 0. The molecule has 0 saturated heterocycles. The van der Waals surface area contributed by atoms with Crippen LogP contribution < -0.4 is 10.1 Å². The van der Waals surface area contributed by atoms with Crippen LogP contribution in [-0.4, -0.2) is 13.0 Å². The standard InChI is InChI=1S/C14H11ClFNO2S/c1-19-13-6-8(2-4-11(13)15)17-14(18)10-7-9(20)3-5-12(10)16/h2-7,20H,1H3,(H,17,18). The van der Waals surface area contributed by atoms with Gasteiger partial charge >= 0.3 is 0 Å². The molecule has 3 nitrogen and oxygen atoms in total. The number of amides is 1.